The van der Waals surface area contributed by atoms with Gasteiger partial charge in [0.05, 0.1) is 0 Å². The predicted molar refractivity (Wildman–Crippen MR) is 63.8 cm³/mol. The molecule has 0 aromatic heterocycles. The fourth-order valence-electron chi connectivity index (χ4n) is 1.82. The summed E-state index contributed by atoms with van der Waals surface area (Å²) in [5, 5.41) is 0. The third-order valence-electron chi connectivity index (χ3n) is 2.89. The van der Waals surface area contributed by atoms with Crippen molar-refractivity contribution in [2.75, 3.05) is 33.2 Å². The van der Waals surface area contributed by atoms with E-state index in [1.165, 1.54) is 6.07 Å². The van der Waals surface area contributed by atoms with E-state index in [9.17, 15) is 4.39 Å². The van der Waals surface area contributed by atoms with Gasteiger partial charge in [-0.3, -0.25) is 9.29 Å². The summed E-state index contributed by atoms with van der Waals surface area (Å²) in [7, 11) is 2.12. The van der Waals surface area contributed by atoms with Gasteiger partial charge in [-0.2, -0.15) is 18.2 Å². The summed E-state index contributed by atoms with van der Waals surface area (Å²) >= 11 is 0. The molecule has 1 fully saturated rings. The first-order chi connectivity index (χ1) is 7.25. The number of likely N-dealkylation sites (N-methyl/N-ethyl adjacent to an activating group) is 1. The minimum Gasteiger partial charge on any atom is -1.00 e. The molecule has 1 aromatic carbocycles. The first-order valence-corrected chi connectivity index (χ1v) is 5.31. The second-order valence-corrected chi connectivity index (χ2v) is 4.10. The fraction of sp³-hybridized carbons (Fsp3) is 0.500. The molecule has 0 amide bonds. The van der Waals surface area contributed by atoms with E-state index < -0.39 is 0 Å². The van der Waals surface area contributed by atoms with Crippen LogP contribution in [0.4, 0.5) is 4.39 Å². The normalized spacial score (nSPS) is 17.1. The summed E-state index contributed by atoms with van der Waals surface area (Å²) in [6.45, 7) is 4.90. The van der Waals surface area contributed by atoms with Gasteiger partial charge in [-0.1, -0.05) is 0 Å². The van der Waals surface area contributed by atoms with Crippen LogP contribution in [0, 0.1) is 11.9 Å². The van der Waals surface area contributed by atoms with E-state index in [4.69, 9.17) is 0 Å². The molecule has 5 heteroatoms. The quantitative estimate of drug-likeness (QED) is 0.460. The molecule has 1 saturated heterocycles. The zero-order chi connectivity index (χ0) is 10.7. The van der Waals surface area contributed by atoms with Crippen molar-refractivity contribution in [3.8, 4) is 0 Å². The molecule has 0 N–H and O–H groups in total. The van der Waals surface area contributed by atoms with Crippen LogP contribution in [0.15, 0.2) is 18.2 Å². The standard InChI is InChI=1S/C12H16FN2.BrH.Mg/c1-14-6-8-15(9-7-14)10-11-4-2-3-5-12(11)13;;/h2,4-5H,6-10H2,1H3;1H;/q-1;;+2/p-1. The van der Waals surface area contributed by atoms with Gasteiger partial charge in [0.2, 0.25) is 0 Å². The summed E-state index contributed by atoms with van der Waals surface area (Å²) in [6.07, 6.45) is 0. The number of piperazine rings is 1. The van der Waals surface area contributed by atoms with Crippen molar-refractivity contribution in [3.63, 3.8) is 0 Å². The summed E-state index contributed by atoms with van der Waals surface area (Å²) in [6, 6.07) is 7.74. The van der Waals surface area contributed by atoms with Gasteiger partial charge in [0.15, 0.2) is 0 Å². The van der Waals surface area contributed by atoms with Crippen molar-refractivity contribution in [2.45, 2.75) is 6.54 Å². The molecular formula is C12H16BrFMgN2. The number of rotatable bonds is 2. The first kappa shape index (κ1) is 17.3. The van der Waals surface area contributed by atoms with Gasteiger partial charge in [0, 0.05) is 38.5 Å². The molecule has 1 heterocycles. The molecule has 0 spiro atoms. The van der Waals surface area contributed by atoms with Crippen molar-refractivity contribution in [1.29, 1.82) is 0 Å². The van der Waals surface area contributed by atoms with Crippen LogP contribution in [0.5, 0.6) is 0 Å². The summed E-state index contributed by atoms with van der Waals surface area (Å²) < 4.78 is 13.4. The van der Waals surface area contributed by atoms with Crippen molar-refractivity contribution >= 4 is 23.1 Å². The van der Waals surface area contributed by atoms with E-state index in [2.05, 4.69) is 22.9 Å². The fourth-order valence-corrected chi connectivity index (χ4v) is 1.82. The van der Waals surface area contributed by atoms with Gasteiger partial charge in [0.25, 0.3) is 0 Å². The average molecular weight is 311 g/mol. The van der Waals surface area contributed by atoms with E-state index in [1.54, 1.807) is 6.07 Å². The van der Waals surface area contributed by atoms with E-state index in [-0.39, 0.29) is 45.9 Å². The molecule has 0 atom stereocenters. The molecule has 1 aliphatic rings. The van der Waals surface area contributed by atoms with Crippen molar-refractivity contribution < 1.29 is 21.4 Å². The zero-order valence-electron chi connectivity index (χ0n) is 10.1. The Labute approximate surface area is 129 Å². The Bertz CT molecular complexity index is 330. The smallest absolute Gasteiger partial charge is 1.00 e. The Balaban J connectivity index is 0.00000128. The van der Waals surface area contributed by atoms with Crippen molar-refractivity contribution in [3.05, 3.63) is 35.6 Å². The van der Waals surface area contributed by atoms with E-state index >= 15 is 0 Å². The third-order valence-corrected chi connectivity index (χ3v) is 2.89. The number of hydrogen-bond donors (Lipinski definition) is 0. The van der Waals surface area contributed by atoms with Gasteiger partial charge >= 0.3 is 23.1 Å². The minimum atomic E-state index is -0.142. The molecule has 2 nitrogen and oxygen atoms in total. The molecular weight excluding hydrogens is 295 g/mol. The van der Waals surface area contributed by atoms with Gasteiger partial charge in [-0.15, -0.1) is 11.6 Å². The zero-order valence-corrected chi connectivity index (χ0v) is 13.1. The Morgan fingerprint density at radius 3 is 2.53 bits per heavy atom. The van der Waals surface area contributed by atoms with Gasteiger partial charge in [-0.25, -0.2) is 0 Å². The summed E-state index contributed by atoms with van der Waals surface area (Å²) in [5.41, 5.74) is 0.776. The SMILES string of the molecule is CN1CCN(Cc2cc[c-]cc2F)CC1.[Br-].[Mg+2]. The maximum absolute atomic E-state index is 13.4. The van der Waals surface area contributed by atoms with Crippen LogP contribution in [0.1, 0.15) is 5.56 Å². The summed E-state index contributed by atoms with van der Waals surface area (Å²) in [4.78, 5) is 4.59. The number of halogens is 2. The maximum Gasteiger partial charge on any atom is 2.00 e. The molecule has 1 aromatic rings. The number of nitrogens with zero attached hydrogens (tertiary/aromatic N) is 2. The Morgan fingerprint density at radius 1 is 1.29 bits per heavy atom. The van der Waals surface area contributed by atoms with E-state index in [1.807, 2.05) is 6.07 Å². The molecule has 0 aliphatic carbocycles. The Kier molecular flexibility index (Phi) is 8.58. The summed E-state index contributed by atoms with van der Waals surface area (Å²) in [5.74, 6) is -0.142. The second-order valence-electron chi connectivity index (χ2n) is 4.10. The topological polar surface area (TPSA) is 6.48 Å². The average Bonchev–Trinajstić information content (AvgIpc) is 2.25. The first-order valence-electron chi connectivity index (χ1n) is 5.31. The second kappa shape index (κ2) is 8.42. The van der Waals surface area contributed by atoms with Crippen LogP contribution < -0.4 is 17.0 Å². The van der Waals surface area contributed by atoms with Crippen LogP contribution in [-0.2, 0) is 6.54 Å². The van der Waals surface area contributed by atoms with Gasteiger partial charge in [-0.05, 0) is 7.05 Å². The van der Waals surface area contributed by atoms with Crippen LogP contribution in [0.2, 0.25) is 0 Å². The molecule has 0 saturated carbocycles. The molecule has 90 valence electrons. The predicted octanol–water partition coefficient (Wildman–Crippen LogP) is -2.00. The van der Waals surface area contributed by atoms with Crippen LogP contribution in [-0.4, -0.2) is 66.1 Å². The third kappa shape index (κ3) is 5.22. The van der Waals surface area contributed by atoms with Gasteiger partial charge in [0.1, 0.15) is 0 Å². The van der Waals surface area contributed by atoms with E-state index in [0.717, 1.165) is 31.7 Å². The van der Waals surface area contributed by atoms with Crippen molar-refractivity contribution in [1.82, 2.24) is 9.80 Å². The van der Waals surface area contributed by atoms with Crippen LogP contribution in [0.25, 0.3) is 0 Å². The van der Waals surface area contributed by atoms with Crippen LogP contribution in [0.3, 0.4) is 0 Å². The molecule has 0 unspecified atom stereocenters. The number of hydrogen-bond acceptors (Lipinski definition) is 2. The van der Waals surface area contributed by atoms with Gasteiger partial charge < -0.3 is 21.9 Å². The molecule has 17 heavy (non-hydrogen) atoms. The Morgan fingerprint density at radius 2 is 1.94 bits per heavy atom. The maximum atomic E-state index is 13.4. The molecule has 0 radical (unpaired) electrons. The molecule has 0 bridgehead atoms. The van der Waals surface area contributed by atoms with Crippen LogP contribution >= 0.6 is 0 Å². The number of benzene rings is 1. The Hall–Kier alpha value is 0.316. The molecule has 1 aliphatic heterocycles. The van der Waals surface area contributed by atoms with Crippen molar-refractivity contribution in [2.24, 2.45) is 0 Å². The van der Waals surface area contributed by atoms with E-state index in [0.29, 0.717) is 6.54 Å². The monoisotopic (exact) mass is 310 g/mol. The largest absolute Gasteiger partial charge is 2.00 e. The minimum absolute atomic E-state index is 0. The molecule has 2 rings (SSSR count).